The summed E-state index contributed by atoms with van der Waals surface area (Å²) in [6, 6.07) is 0. The van der Waals surface area contributed by atoms with Crippen molar-refractivity contribution < 1.29 is 0 Å². The molecule has 0 aliphatic heterocycles. The average molecular weight is 217 g/mol. The first-order valence-electron chi connectivity index (χ1n) is 4.21. The molecule has 0 aromatic carbocycles. The number of hydrogen-bond acceptors (Lipinski definition) is 5. The number of nitrogens with zero attached hydrogens (tertiary/aromatic N) is 2. The molecule has 1 heterocycles. The van der Waals surface area contributed by atoms with Gasteiger partial charge in [-0.2, -0.15) is 4.37 Å². The Labute approximate surface area is 87.5 Å². The lowest BCUT2D eigenvalue weighted by Crippen LogP contribution is -2.17. The molecule has 1 aromatic rings. The molecular formula is C8H15N3S2. The Morgan fingerprint density at radius 3 is 2.85 bits per heavy atom. The Balaban J connectivity index is 2.86. The molecule has 13 heavy (non-hydrogen) atoms. The maximum atomic E-state index is 5.74. The second-order valence-corrected chi connectivity index (χ2v) is 4.40. The van der Waals surface area contributed by atoms with E-state index in [1.54, 1.807) is 11.8 Å². The van der Waals surface area contributed by atoms with Crippen LogP contribution in [0.3, 0.4) is 0 Å². The molecule has 3 nitrogen and oxygen atoms in total. The minimum atomic E-state index is 0.662. The van der Waals surface area contributed by atoms with Gasteiger partial charge in [-0.3, -0.25) is 0 Å². The largest absolute Gasteiger partial charge is 0.382 e. The first-order valence-corrected chi connectivity index (χ1v) is 6.20. The number of aromatic nitrogens is 1. The summed E-state index contributed by atoms with van der Waals surface area (Å²) >= 11 is 3.14. The Bertz CT molecular complexity index is 272. The van der Waals surface area contributed by atoms with E-state index in [-0.39, 0.29) is 0 Å². The number of anilines is 2. The Hall–Kier alpha value is -0.420. The molecule has 0 radical (unpaired) electrons. The summed E-state index contributed by atoms with van der Waals surface area (Å²) in [5.74, 6) is 0.662. The zero-order valence-corrected chi connectivity index (χ0v) is 9.84. The number of thioether (sulfide) groups is 1. The van der Waals surface area contributed by atoms with Gasteiger partial charge in [0.2, 0.25) is 0 Å². The molecule has 5 heteroatoms. The van der Waals surface area contributed by atoms with Crippen molar-refractivity contribution in [2.24, 2.45) is 0 Å². The van der Waals surface area contributed by atoms with Crippen molar-refractivity contribution in [2.45, 2.75) is 18.2 Å². The first kappa shape index (κ1) is 10.7. The van der Waals surface area contributed by atoms with Gasteiger partial charge in [0.05, 0.1) is 4.90 Å². The summed E-state index contributed by atoms with van der Waals surface area (Å²) in [4.78, 5) is 3.32. The molecule has 0 saturated carbocycles. The van der Waals surface area contributed by atoms with Crippen molar-refractivity contribution >= 4 is 34.1 Å². The van der Waals surface area contributed by atoms with E-state index in [9.17, 15) is 0 Å². The number of nitrogens with two attached hydrogens (primary N) is 1. The fourth-order valence-corrected chi connectivity index (χ4v) is 2.86. The van der Waals surface area contributed by atoms with Gasteiger partial charge in [0.15, 0.2) is 5.82 Å². The van der Waals surface area contributed by atoms with Crippen LogP contribution in [0.4, 0.5) is 10.8 Å². The summed E-state index contributed by atoms with van der Waals surface area (Å²) in [6.45, 7) is 3.22. The van der Waals surface area contributed by atoms with Crippen LogP contribution in [0.25, 0.3) is 0 Å². The van der Waals surface area contributed by atoms with E-state index in [4.69, 9.17) is 5.73 Å². The highest BCUT2D eigenvalue weighted by atomic mass is 32.2. The lowest BCUT2D eigenvalue weighted by molar-refractivity contribution is 0.853. The fraction of sp³-hybridized carbons (Fsp3) is 0.625. The van der Waals surface area contributed by atoms with Crippen LogP contribution < -0.4 is 10.6 Å². The summed E-state index contributed by atoms with van der Waals surface area (Å²) in [5.41, 5.74) is 5.74. The zero-order chi connectivity index (χ0) is 9.84. The van der Waals surface area contributed by atoms with Crippen molar-refractivity contribution in [1.82, 2.24) is 4.37 Å². The maximum Gasteiger partial charge on any atom is 0.153 e. The van der Waals surface area contributed by atoms with Gasteiger partial charge in [-0.15, -0.1) is 11.8 Å². The minimum Gasteiger partial charge on any atom is -0.382 e. The van der Waals surface area contributed by atoms with E-state index in [0.717, 1.165) is 17.9 Å². The Morgan fingerprint density at radius 1 is 1.62 bits per heavy atom. The number of hydrogen-bond donors (Lipinski definition) is 1. The van der Waals surface area contributed by atoms with E-state index < -0.39 is 0 Å². The van der Waals surface area contributed by atoms with Gasteiger partial charge >= 0.3 is 0 Å². The Kier molecular flexibility index (Phi) is 3.87. The molecule has 0 fully saturated rings. The number of nitrogen functional groups attached to an aromatic ring is 1. The molecule has 0 saturated heterocycles. The van der Waals surface area contributed by atoms with E-state index in [2.05, 4.69) is 23.2 Å². The highest BCUT2D eigenvalue weighted by Gasteiger charge is 2.13. The van der Waals surface area contributed by atoms with Crippen molar-refractivity contribution in [2.75, 3.05) is 30.5 Å². The monoisotopic (exact) mass is 217 g/mol. The van der Waals surface area contributed by atoms with Crippen LogP contribution in [0, 0.1) is 0 Å². The van der Waals surface area contributed by atoms with Gasteiger partial charge in [0.25, 0.3) is 0 Å². The molecule has 1 rings (SSSR count). The summed E-state index contributed by atoms with van der Waals surface area (Å²) in [7, 11) is 2.08. The summed E-state index contributed by atoms with van der Waals surface area (Å²) in [5, 5.41) is 1.19. The molecule has 0 atom stereocenters. The third kappa shape index (κ3) is 2.28. The molecule has 74 valence electrons. The third-order valence-corrected chi connectivity index (χ3v) is 3.68. The lowest BCUT2D eigenvalue weighted by atomic mass is 10.4. The van der Waals surface area contributed by atoms with E-state index >= 15 is 0 Å². The molecule has 0 aliphatic rings. The van der Waals surface area contributed by atoms with E-state index in [1.807, 2.05) is 6.26 Å². The summed E-state index contributed by atoms with van der Waals surface area (Å²) in [6.07, 6.45) is 3.17. The maximum absolute atomic E-state index is 5.74. The highest BCUT2D eigenvalue weighted by molar-refractivity contribution is 7.99. The van der Waals surface area contributed by atoms with Crippen LogP contribution in [-0.2, 0) is 0 Å². The zero-order valence-electron chi connectivity index (χ0n) is 8.20. The van der Waals surface area contributed by atoms with Gasteiger partial charge in [-0.1, -0.05) is 6.92 Å². The minimum absolute atomic E-state index is 0.662. The first-order chi connectivity index (χ1) is 6.20. The van der Waals surface area contributed by atoms with Gasteiger partial charge < -0.3 is 10.6 Å². The SMILES string of the molecule is CCCN(C)c1snc(N)c1SC. The van der Waals surface area contributed by atoms with E-state index in [1.165, 1.54) is 16.5 Å². The van der Waals surface area contributed by atoms with Crippen LogP contribution in [0.1, 0.15) is 13.3 Å². The molecule has 0 amide bonds. The lowest BCUT2D eigenvalue weighted by Gasteiger charge is -2.16. The average Bonchev–Trinajstić information content (AvgIpc) is 2.47. The van der Waals surface area contributed by atoms with Crippen LogP contribution in [0.5, 0.6) is 0 Å². The normalized spacial score (nSPS) is 10.4. The topological polar surface area (TPSA) is 42.2 Å². The molecule has 0 unspecified atom stereocenters. The third-order valence-electron chi connectivity index (χ3n) is 1.77. The predicted molar refractivity (Wildman–Crippen MR) is 61.9 cm³/mol. The fourth-order valence-electron chi connectivity index (χ4n) is 1.16. The van der Waals surface area contributed by atoms with Gasteiger partial charge in [-0.25, -0.2) is 0 Å². The smallest absolute Gasteiger partial charge is 0.153 e. The summed E-state index contributed by atoms with van der Waals surface area (Å²) < 4.78 is 4.15. The molecule has 2 N–H and O–H groups in total. The molecular weight excluding hydrogens is 202 g/mol. The molecule has 0 bridgehead atoms. The molecule has 1 aromatic heterocycles. The second kappa shape index (κ2) is 4.72. The number of rotatable bonds is 4. The van der Waals surface area contributed by atoms with Crippen molar-refractivity contribution in [3.8, 4) is 0 Å². The van der Waals surface area contributed by atoms with Crippen LogP contribution in [0.15, 0.2) is 4.90 Å². The van der Waals surface area contributed by atoms with Gasteiger partial charge in [-0.05, 0) is 24.2 Å². The Morgan fingerprint density at radius 2 is 2.31 bits per heavy atom. The van der Waals surface area contributed by atoms with E-state index in [0.29, 0.717) is 5.82 Å². The van der Waals surface area contributed by atoms with Crippen LogP contribution >= 0.6 is 23.3 Å². The standard InChI is InChI=1S/C8H15N3S2/c1-4-5-11(2)8-6(12-3)7(9)10-13-8/h4-5H2,1-3H3,(H2,9,10). The molecule has 0 aliphatic carbocycles. The quantitative estimate of drug-likeness (QED) is 0.786. The predicted octanol–water partition coefficient (Wildman–Crippen LogP) is 2.29. The highest BCUT2D eigenvalue weighted by Crippen LogP contribution is 2.36. The van der Waals surface area contributed by atoms with Crippen molar-refractivity contribution in [3.63, 3.8) is 0 Å². The van der Waals surface area contributed by atoms with Crippen LogP contribution in [-0.4, -0.2) is 24.2 Å². The van der Waals surface area contributed by atoms with Crippen molar-refractivity contribution in [1.29, 1.82) is 0 Å². The van der Waals surface area contributed by atoms with Gasteiger partial charge in [0.1, 0.15) is 5.00 Å². The molecule has 0 spiro atoms. The van der Waals surface area contributed by atoms with Crippen molar-refractivity contribution in [3.05, 3.63) is 0 Å². The van der Waals surface area contributed by atoms with Crippen LogP contribution in [0.2, 0.25) is 0 Å². The van der Waals surface area contributed by atoms with Gasteiger partial charge in [0, 0.05) is 13.6 Å². The second-order valence-electron chi connectivity index (χ2n) is 2.83.